The van der Waals surface area contributed by atoms with Gasteiger partial charge in [0, 0.05) is 41.5 Å². The van der Waals surface area contributed by atoms with E-state index in [-0.39, 0.29) is 24.7 Å². The van der Waals surface area contributed by atoms with Crippen molar-refractivity contribution in [3.63, 3.8) is 0 Å². The van der Waals surface area contributed by atoms with Gasteiger partial charge in [0.15, 0.2) is 0 Å². The summed E-state index contributed by atoms with van der Waals surface area (Å²) in [4.78, 5) is 27.6. The molecular formula is C18H19ClN2O2S. The molecule has 2 heterocycles. The molecule has 3 rings (SSSR count). The Hall–Kier alpha value is -1.85. The van der Waals surface area contributed by atoms with Gasteiger partial charge < -0.3 is 10.2 Å². The number of hydrogen-bond donors (Lipinski definition) is 1. The van der Waals surface area contributed by atoms with E-state index in [1.807, 2.05) is 17.9 Å². The highest BCUT2D eigenvalue weighted by molar-refractivity contribution is 7.10. The molecule has 4 nitrogen and oxygen atoms in total. The minimum Gasteiger partial charge on any atom is -0.338 e. The molecule has 0 unspecified atom stereocenters. The third-order valence-electron chi connectivity index (χ3n) is 4.20. The van der Waals surface area contributed by atoms with Gasteiger partial charge in [-0.3, -0.25) is 9.59 Å². The summed E-state index contributed by atoms with van der Waals surface area (Å²) in [6, 6.07) is 7.44. The van der Waals surface area contributed by atoms with Gasteiger partial charge in [-0.1, -0.05) is 17.7 Å². The number of hydrogen-bond acceptors (Lipinski definition) is 3. The van der Waals surface area contributed by atoms with E-state index < -0.39 is 0 Å². The standard InChI is InChI=1S/C18H19ClN2O2S/c1-12-2-3-14(19)10-15(12)20-17(22)4-5-18(23)21-8-6-16-13(11-21)7-9-24-16/h2-3,7,9-10H,4-6,8,11H2,1H3,(H,20,22). The molecule has 0 spiro atoms. The SMILES string of the molecule is Cc1ccc(Cl)cc1NC(=O)CCC(=O)N1CCc2sccc2C1. The lowest BCUT2D eigenvalue weighted by Crippen LogP contribution is -2.35. The second kappa shape index (κ2) is 7.36. The van der Waals surface area contributed by atoms with E-state index in [0.29, 0.717) is 17.3 Å². The third-order valence-corrected chi connectivity index (χ3v) is 5.46. The van der Waals surface area contributed by atoms with Gasteiger partial charge in [-0.05, 0) is 48.1 Å². The van der Waals surface area contributed by atoms with E-state index in [1.165, 1.54) is 10.4 Å². The predicted octanol–water partition coefficient (Wildman–Crippen LogP) is 4.01. The quantitative estimate of drug-likeness (QED) is 0.893. The average molecular weight is 363 g/mol. The number of rotatable bonds is 4. The molecule has 0 atom stereocenters. The van der Waals surface area contributed by atoms with Crippen LogP contribution in [0.5, 0.6) is 0 Å². The number of carbonyl (C=O) groups is 2. The van der Waals surface area contributed by atoms with Crippen molar-refractivity contribution in [1.82, 2.24) is 4.90 Å². The lowest BCUT2D eigenvalue weighted by molar-refractivity contribution is -0.133. The summed E-state index contributed by atoms with van der Waals surface area (Å²) in [6.45, 7) is 3.30. The molecule has 2 aromatic rings. The van der Waals surface area contributed by atoms with Crippen molar-refractivity contribution < 1.29 is 9.59 Å². The van der Waals surface area contributed by atoms with Crippen molar-refractivity contribution in [3.8, 4) is 0 Å². The maximum atomic E-state index is 12.3. The molecule has 0 aliphatic carbocycles. The first-order chi connectivity index (χ1) is 11.5. The predicted molar refractivity (Wildman–Crippen MR) is 97.5 cm³/mol. The van der Waals surface area contributed by atoms with Gasteiger partial charge in [0.2, 0.25) is 11.8 Å². The third kappa shape index (κ3) is 3.97. The maximum Gasteiger partial charge on any atom is 0.224 e. The number of aryl methyl sites for hydroxylation is 1. The number of carbonyl (C=O) groups excluding carboxylic acids is 2. The van der Waals surface area contributed by atoms with Crippen LogP contribution in [0.2, 0.25) is 5.02 Å². The highest BCUT2D eigenvalue weighted by atomic mass is 35.5. The molecule has 0 fully saturated rings. The second-order valence-electron chi connectivity index (χ2n) is 5.94. The monoisotopic (exact) mass is 362 g/mol. The number of nitrogens with one attached hydrogen (secondary N) is 1. The molecule has 0 bridgehead atoms. The molecular weight excluding hydrogens is 344 g/mol. The van der Waals surface area contributed by atoms with E-state index >= 15 is 0 Å². The van der Waals surface area contributed by atoms with Gasteiger partial charge >= 0.3 is 0 Å². The maximum absolute atomic E-state index is 12.3. The Bertz CT molecular complexity index is 772. The number of anilines is 1. The van der Waals surface area contributed by atoms with Crippen LogP contribution in [0.4, 0.5) is 5.69 Å². The summed E-state index contributed by atoms with van der Waals surface area (Å²) in [6.07, 6.45) is 1.31. The van der Waals surface area contributed by atoms with Crippen molar-refractivity contribution in [2.24, 2.45) is 0 Å². The molecule has 1 aromatic heterocycles. The fraction of sp³-hybridized carbons (Fsp3) is 0.333. The average Bonchev–Trinajstić information content (AvgIpc) is 3.03. The van der Waals surface area contributed by atoms with Gasteiger partial charge in [-0.15, -0.1) is 11.3 Å². The van der Waals surface area contributed by atoms with E-state index in [9.17, 15) is 9.59 Å². The highest BCUT2D eigenvalue weighted by Crippen LogP contribution is 2.24. The van der Waals surface area contributed by atoms with Crippen molar-refractivity contribution >= 4 is 40.4 Å². The first kappa shape index (κ1) is 17.0. The van der Waals surface area contributed by atoms with Crippen molar-refractivity contribution in [2.75, 3.05) is 11.9 Å². The Morgan fingerprint density at radius 3 is 2.96 bits per heavy atom. The zero-order chi connectivity index (χ0) is 17.1. The van der Waals surface area contributed by atoms with Crippen LogP contribution in [0, 0.1) is 6.92 Å². The molecule has 0 saturated carbocycles. The highest BCUT2D eigenvalue weighted by Gasteiger charge is 2.21. The zero-order valence-electron chi connectivity index (χ0n) is 13.5. The first-order valence-electron chi connectivity index (χ1n) is 7.92. The summed E-state index contributed by atoms with van der Waals surface area (Å²) in [5, 5.41) is 5.47. The van der Waals surface area contributed by atoms with Gasteiger partial charge in [-0.25, -0.2) is 0 Å². The molecule has 1 N–H and O–H groups in total. The largest absolute Gasteiger partial charge is 0.338 e. The molecule has 6 heteroatoms. The number of thiophene rings is 1. The van der Waals surface area contributed by atoms with Crippen LogP contribution in [-0.4, -0.2) is 23.3 Å². The van der Waals surface area contributed by atoms with Crippen LogP contribution in [0.3, 0.4) is 0 Å². The fourth-order valence-corrected chi connectivity index (χ4v) is 3.84. The smallest absolute Gasteiger partial charge is 0.224 e. The number of nitrogens with zero attached hydrogens (tertiary/aromatic N) is 1. The normalized spacial score (nSPS) is 13.5. The lowest BCUT2D eigenvalue weighted by atomic mass is 10.1. The fourth-order valence-electron chi connectivity index (χ4n) is 2.78. The number of benzene rings is 1. The van der Waals surface area contributed by atoms with E-state index in [4.69, 9.17) is 11.6 Å². The van der Waals surface area contributed by atoms with E-state index in [1.54, 1.807) is 23.5 Å². The van der Waals surface area contributed by atoms with Crippen molar-refractivity contribution in [1.29, 1.82) is 0 Å². The van der Waals surface area contributed by atoms with Gasteiger partial charge in [0.05, 0.1) is 0 Å². The lowest BCUT2D eigenvalue weighted by Gasteiger charge is -2.27. The molecule has 24 heavy (non-hydrogen) atoms. The summed E-state index contributed by atoms with van der Waals surface area (Å²) in [5.41, 5.74) is 2.87. The topological polar surface area (TPSA) is 49.4 Å². The number of halogens is 1. The van der Waals surface area contributed by atoms with E-state index in [0.717, 1.165) is 18.5 Å². The van der Waals surface area contributed by atoms with Gasteiger partial charge in [0.1, 0.15) is 0 Å². The summed E-state index contributed by atoms with van der Waals surface area (Å²) >= 11 is 7.70. The molecule has 2 amide bonds. The van der Waals surface area contributed by atoms with Gasteiger partial charge in [0.25, 0.3) is 0 Å². The van der Waals surface area contributed by atoms with Crippen LogP contribution in [0.25, 0.3) is 0 Å². The number of fused-ring (bicyclic) bond motifs is 1. The Balaban J connectivity index is 1.51. The summed E-state index contributed by atoms with van der Waals surface area (Å²) in [5.74, 6) is -0.133. The molecule has 0 saturated heterocycles. The Morgan fingerprint density at radius 2 is 2.12 bits per heavy atom. The molecule has 1 aliphatic rings. The minimum atomic E-state index is -0.165. The molecule has 1 aromatic carbocycles. The summed E-state index contributed by atoms with van der Waals surface area (Å²) < 4.78 is 0. The zero-order valence-corrected chi connectivity index (χ0v) is 15.0. The first-order valence-corrected chi connectivity index (χ1v) is 9.17. The van der Waals surface area contributed by atoms with Crippen LogP contribution in [-0.2, 0) is 22.6 Å². The van der Waals surface area contributed by atoms with Crippen molar-refractivity contribution in [2.45, 2.75) is 32.7 Å². The Labute approximate surface area is 150 Å². The molecule has 1 aliphatic heterocycles. The molecule has 126 valence electrons. The van der Waals surface area contributed by atoms with E-state index in [2.05, 4.69) is 16.8 Å². The second-order valence-corrected chi connectivity index (χ2v) is 7.38. The summed E-state index contributed by atoms with van der Waals surface area (Å²) in [7, 11) is 0. The van der Waals surface area contributed by atoms with Gasteiger partial charge in [-0.2, -0.15) is 0 Å². The van der Waals surface area contributed by atoms with Crippen LogP contribution < -0.4 is 5.32 Å². The Kier molecular flexibility index (Phi) is 5.21. The van der Waals surface area contributed by atoms with Crippen LogP contribution in [0.15, 0.2) is 29.6 Å². The number of amides is 2. The van der Waals surface area contributed by atoms with Crippen molar-refractivity contribution in [3.05, 3.63) is 50.7 Å². The Morgan fingerprint density at radius 1 is 1.29 bits per heavy atom. The minimum absolute atomic E-state index is 0.0322. The van der Waals surface area contributed by atoms with Crippen LogP contribution >= 0.6 is 22.9 Å². The van der Waals surface area contributed by atoms with Crippen LogP contribution in [0.1, 0.15) is 28.8 Å². The molecule has 0 radical (unpaired) electrons.